The van der Waals surface area contributed by atoms with Crippen molar-refractivity contribution in [2.75, 3.05) is 6.61 Å². The molecule has 1 aliphatic rings. The van der Waals surface area contributed by atoms with Crippen molar-refractivity contribution in [1.29, 1.82) is 0 Å². The van der Waals surface area contributed by atoms with Gasteiger partial charge in [0.25, 0.3) is 0 Å². The number of hydrogen-bond donors (Lipinski definition) is 0. The first kappa shape index (κ1) is 15.8. The Hall–Kier alpha value is -1.55. The Morgan fingerprint density at radius 1 is 1.29 bits per heavy atom. The van der Waals surface area contributed by atoms with E-state index in [1.165, 1.54) is 0 Å². The van der Waals surface area contributed by atoms with Crippen molar-refractivity contribution in [3.8, 4) is 0 Å². The summed E-state index contributed by atoms with van der Waals surface area (Å²) in [5.41, 5.74) is -0.216. The van der Waals surface area contributed by atoms with Gasteiger partial charge in [0.2, 0.25) is 0 Å². The molecule has 0 bridgehead atoms. The fraction of sp³-hybridized carbons (Fsp3) is 0.588. The first-order valence-electron chi connectivity index (χ1n) is 7.33. The van der Waals surface area contributed by atoms with Crippen molar-refractivity contribution < 1.29 is 19.0 Å². The van der Waals surface area contributed by atoms with Gasteiger partial charge in [0.1, 0.15) is 11.7 Å². The largest absolute Gasteiger partial charge is 0.509 e. The van der Waals surface area contributed by atoms with Crippen molar-refractivity contribution in [2.24, 2.45) is 5.92 Å². The number of carbonyl (C=O) groups excluding carboxylic acids is 1. The molecule has 116 valence electrons. The van der Waals surface area contributed by atoms with E-state index in [2.05, 4.69) is 0 Å². The van der Waals surface area contributed by atoms with Crippen LogP contribution in [-0.4, -0.2) is 24.0 Å². The number of benzene rings is 1. The van der Waals surface area contributed by atoms with Gasteiger partial charge in [-0.1, -0.05) is 44.2 Å². The van der Waals surface area contributed by atoms with Crippen molar-refractivity contribution in [2.45, 2.75) is 51.9 Å². The summed E-state index contributed by atoms with van der Waals surface area (Å²) in [5.74, 6) is 0.129. The molecule has 0 aromatic heterocycles. The summed E-state index contributed by atoms with van der Waals surface area (Å²) >= 11 is 0. The lowest BCUT2D eigenvalue weighted by Crippen LogP contribution is -2.59. The van der Waals surface area contributed by atoms with Gasteiger partial charge in [0, 0.05) is 0 Å². The third-order valence-corrected chi connectivity index (χ3v) is 3.66. The number of hydrogen-bond acceptors (Lipinski definition) is 4. The number of carbonyl (C=O) groups is 1. The highest BCUT2D eigenvalue weighted by molar-refractivity contribution is 5.61. The smallest absolute Gasteiger partial charge is 0.429 e. The maximum absolute atomic E-state index is 12.0. The van der Waals surface area contributed by atoms with Crippen LogP contribution in [0.25, 0.3) is 0 Å². The molecule has 1 fully saturated rings. The zero-order valence-electron chi connectivity index (χ0n) is 13.4. The van der Waals surface area contributed by atoms with Gasteiger partial charge in [-0.15, -0.1) is 0 Å². The first-order chi connectivity index (χ1) is 9.74. The third kappa shape index (κ3) is 3.38. The predicted molar refractivity (Wildman–Crippen MR) is 80.0 cm³/mol. The molecule has 0 amide bonds. The van der Waals surface area contributed by atoms with E-state index in [1.807, 2.05) is 65.0 Å². The summed E-state index contributed by atoms with van der Waals surface area (Å²) in [6.07, 6.45) is -0.883. The molecule has 1 saturated heterocycles. The zero-order chi connectivity index (χ0) is 15.7. The molecule has 0 radical (unpaired) electrons. The summed E-state index contributed by atoms with van der Waals surface area (Å²) in [4.78, 5) is 12.0. The molecule has 1 aromatic rings. The van der Waals surface area contributed by atoms with Crippen LogP contribution in [0.1, 0.15) is 46.3 Å². The molecule has 0 saturated carbocycles. The molecule has 0 unspecified atom stereocenters. The molecule has 2 rings (SSSR count). The van der Waals surface area contributed by atoms with Gasteiger partial charge >= 0.3 is 6.16 Å². The van der Waals surface area contributed by atoms with Gasteiger partial charge in [-0.25, -0.2) is 4.79 Å². The van der Waals surface area contributed by atoms with E-state index in [4.69, 9.17) is 14.2 Å². The summed E-state index contributed by atoms with van der Waals surface area (Å²) in [5, 5.41) is 0. The maximum atomic E-state index is 12.0. The van der Waals surface area contributed by atoms with E-state index in [0.29, 0.717) is 6.61 Å². The second-order valence-corrected chi connectivity index (χ2v) is 6.78. The van der Waals surface area contributed by atoms with Gasteiger partial charge in [-0.3, -0.25) is 0 Å². The van der Waals surface area contributed by atoms with Gasteiger partial charge in [-0.2, -0.15) is 0 Å². The van der Waals surface area contributed by atoms with Crippen molar-refractivity contribution in [1.82, 2.24) is 0 Å². The average molecular weight is 292 g/mol. The average Bonchev–Trinajstić information content (AvgIpc) is 2.33. The molecule has 0 spiro atoms. The Morgan fingerprint density at radius 3 is 2.33 bits per heavy atom. The molecule has 1 aliphatic heterocycles. The van der Waals surface area contributed by atoms with E-state index in [9.17, 15) is 4.79 Å². The molecule has 4 nitrogen and oxygen atoms in total. The molecule has 21 heavy (non-hydrogen) atoms. The maximum Gasteiger partial charge on any atom is 0.509 e. The van der Waals surface area contributed by atoms with Crippen LogP contribution in [0.5, 0.6) is 0 Å². The number of rotatable bonds is 3. The second kappa shape index (κ2) is 5.68. The van der Waals surface area contributed by atoms with E-state index in [1.54, 1.807) is 0 Å². The highest BCUT2D eigenvalue weighted by atomic mass is 16.8. The first-order valence-corrected chi connectivity index (χ1v) is 7.33. The quantitative estimate of drug-likeness (QED) is 0.787. The molecule has 4 heteroatoms. The molecular weight excluding hydrogens is 268 g/mol. The van der Waals surface area contributed by atoms with Crippen LogP contribution in [0.4, 0.5) is 4.79 Å². The minimum Gasteiger partial charge on any atom is -0.429 e. The van der Waals surface area contributed by atoms with E-state index in [0.717, 1.165) is 5.56 Å². The van der Waals surface area contributed by atoms with E-state index < -0.39 is 17.4 Å². The molecule has 1 aromatic carbocycles. The van der Waals surface area contributed by atoms with Gasteiger partial charge in [0.05, 0.1) is 6.61 Å². The lowest BCUT2D eigenvalue weighted by Gasteiger charge is -2.50. The zero-order valence-corrected chi connectivity index (χ0v) is 13.4. The minimum atomic E-state index is -0.663. The molecular formula is C17H24O4. The Balaban J connectivity index is 2.17. The van der Waals surface area contributed by atoms with Crippen LogP contribution in [0.15, 0.2) is 30.3 Å². The molecule has 2 atom stereocenters. The fourth-order valence-electron chi connectivity index (χ4n) is 2.43. The summed E-state index contributed by atoms with van der Waals surface area (Å²) < 4.78 is 16.7. The van der Waals surface area contributed by atoms with Crippen molar-refractivity contribution in [3.63, 3.8) is 0 Å². The summed E-state index contributed by atoms with van der Waals surface area (Å²) in [6.45, 7) is 9.92. The van der Waals surface area contributed by atoms with Crippen LogP contribution in [0.3, 0.4) is 0 Å². The van der Waals surface area contributed by atoms with Crippen LogP contribution in [-0.2, 0) is 14.2 Å². The Labute approximate surface area is 126 Å². The topological polar surface area (TPSA) is 44.8 Å². The normalized spacial score (nSPS) is 25.3. The van der Waals surface area contributed by atoms with Crippen LogP contribution >= 0.6 is 0 Å². The second-order valence-electron chi connectivity index (χ2n) is 6.78. The number of ether oxygens (including phenoxy) is 3. The highest BCUT2D eigenvalue weighted by Gasteiger charge is 2.55. The van der Waals surface area contributed by atoms with Crippen LogP contribution in [0, 0.1) is 5.92 Å². The highest BCUT2D eigenvalue weighted by Crippen LogP contribution is 2.47. The van der Waals surface area contributed by atoms with Crippen LogP contribution < -0.4 is 0 Å². The minimum absolute atomic E-state index is 0.129. The molecule has 0 aliphatic carbocycles. The lowest BCUT2D eigenvalue weighted by molar-refractivity contribution is -0.268. The molecule has 1 heterocycles. The predicted octanol–water partition coefficient (Wildman–Crippen LogP) is 4.10. The standard InChI is InChI=1S/C17H24O4/c1-12(2)17(21-15(18)20-16(3,4)5)11-19-14(17)13-9-7-6-8-10-13/h6-10,12,14H,11H2,1-5H3/t14-,17+/m1/s1. The monoisotopic (exact) mass is 292 g/mol. The van der Waals surface area contributed by atoms with Gasteiger partial charge in [0.15, 0.2) is 5.60 Å². The van der Waals surface area contributed by atoms with Crippen LogP contribution in [0.2, 0.25) is 0 Å². The van der Waals surface area contributed by atoms with Crippen molar-refractivity contribution >= 4 is 6.16 Å². The molecule has 0 N–H and O–H groups in total. The van der Waals surface area contributed by atoms with E-state index >= 15 is 0 Å². The lowest BCUT2D eigenvalue weighted by atomic mass is 9.78. The fourth-order valence-corrected chi connectivity index (χ4v) is 2.43. The van der Waals surface area contributed by atoms with E-state index in [-0.39, 0.29) is 12.0 Å². The Morgan fingerprint density at radius 2 is 1.90 bits per heavy atom. The summed E-state index contributed by atoms with van der Waals surface area (Å²) in [6, 6.07) is 9.83. The van der Waals surface area contributed by atoms with Crippen molar-refractivity contribution in [3.05, 3.63) is 35.9 Å². The summed E-state index contributed by atoms with van der Waals surface area (Å²) in [7, 11) is 0. The van der Waals surface area contributed by atoms with Gasteiger partial charge in [-0.05, 0) is 32.3 Å². The third-order valence-electron chi connectivity index (χ3n) is 3.66. The SMILES string of the molecule is CC(C)[C@@]1(OC(=O)OC(C)(C)C)CO[C@@H]1c1ccccc1. The van der Waals surface area contributed by atoms with Gasteiger partial charge < -0.3 is 14.2 Å². The Kier molecular flexibility index (Phi) is 4.28. The Bertz CT molecular complexity index is 489.